The number of nitrogens with two attached hydrogens (primary N) is 1. The fourth-order valence-corrected chi connectivity index (χ4v) is 2.13. The highest BCUT2D eigenvalue weighted by Gasteiger charge is 2.16. The molecule has 0 aliphatic rings. The van der Waals surface area contributed by atoms with Crippen molar-refractivity contribution in [2.24, 2.45) is 12.9 Å². The van der Waals surface area contributed by atoms with Crippen LogP contribution in [0.4, 0.5) is 0 Å². The zero-order valence-corrected chi connectivity index (χ0v) is 11.1. The van der Waals surface area contributed by atoms with Gasteiger partial charge in [0.1, 0.15) is 12.2 Å². The average molecular weight is 266 g/mol. The summed E-state index contributed by atoms with van der Waals surface area (Å²) in [6.07, 6.45) is 2.20. The molecule has 0 saturated carbocycles. The fourth-order valence-electron chi connectivity index (χ4n) is 1.95. The maximum Gasteiger partial charge on any atom is 0.138 e. The van der Waals surface area contributed by atoms with Crippen LogP contribution in [0.25, 0.3) is 0 Å². The highest BCUT2D eigenvalue weighted by atomic mass is 35.5. The third-order valence-corrected chi connectivity index (χ3v) is 3.49. The second kappa shape index (κ2) is 5.48. The molecule has 2 rings (SSSR count). The highest BCUT2D eigenvalue weighted by Crippen LogP contribution is 2.25. The molecule has 0 saturated heterocycles. The van der Waals surface area contributed by atoms with Crippen molar-refractivity contribution in [1.29, 1.82) is 0 Å². The molecule has 5 nitrogen and oxygen atoms in total. The van der Waals surface area contributed by atoms with Crippen LogP contribution >= 0.6 is 11.6 Å². The standard InChI is InChI=1S/C12H16ClN5/c1-8-9(4-3-5-10(8)13)11(17-14)6-12-15-7-16-18(12)2/h3-5,7,11,17H,6,14H2,1-2H3. The van der Waals surface area contributed by atoms with E-state index in [4.69, 9.17) is 17.4 Å². The molecule has 0 spiro atoms. The molecule has 1 heterocycles. The molecule has 96 valence electrons. The minimum absolute atomic E-state index is 0.0356. The summed E-state index contributed by atoms with van der Waals surface area (Å²) in [4.78, 5) is 4.20. The second-order valence-electron chi connectivity index (χ2n) is 4.18. The van der Waals surface area contributed by atoms with E-state index >= 15 is 0 Å². The first-order chi connectivity index (χ1) is 8.63. The van der Waals surface area contributed by atoms with E-state index in [1.54, 1.807) is 4.68 Å². The zero-order valence-electron chi connectivity index (χ0n) is 10.4. The number of hydrogen-bond donors (Lipinski definition) is 2. The van der Waals surface area contributed by atoms with Gasteiger partial charge in [-0.2, -0.15) is 5.10 Å². The number of hydrazine groups is 1. The molecule has 0 aliphatic heterocycles. The van der Waals surface area contributed by atoms with Gasteiger partial charge in [0.25, 0.3) is 0 Å². The Kier molecular flexibility index (Phi) is 3.96. The molecule has 6 heteroatoms. The molecule has 1 aromatic heterocycles. The summed E-state index contributed by atoms with van der Waals surface area (Å²) in [7, 11) is 1.86. The van der Waals surface area contributed by atoms with Crippen molar-refractivity contribution in [3.8, 4) is 0 Å². The van der Waals surface area contributed by atoms with Gasteiger partial charge in [0, 0.05) is 18.5 Å². The van der Waals surface area contributed by atoms with Gasteiger partial charge in [-0.05, 0) is 24.1 Å². The van der Waals surface area contributed by atoms with Gasteiger partial charge < -0.3 is 0 Å². The van der Waals surface area contributed by atoms with Crippen molar-refractivity contribution in [3.05, 3.63) is 46.5 Å². The fraction of sp³-hybridized carbons (Fsp3) is 0.333. The lowest BCUT2D eigenvalue weighted by atomic mass is 9.99. The minimum Gasteiger partial charge on any atom is -0.271 e. The third-order valence-electron chi connectivity index (χ3n) is 3.08. The van der Waals surface area contributed by atoms with Gasteiger partial charge in [0.15, 0.2) is 0 Å². The van der Waals surface area contributed by atoms with Gasteiger partial charge in [-0.15, -0.1) is 0 Å². The second-order valence-corrected chi connectivity index (χ2v) is 4.58. The Morgan fingerprint density at radius 1 is 1.50 bits per heavy atom. The number of nitrogens with zero attached hydrogens (tertiary/aromatic N) is 3. The summed E-state index contributed by atoms with van der Waals surface area (Å²) in [5.41, 5.74) is 4.92. The minimum atomic E-state index is -0.0356. The van der Waals surface area contributed by atoms with Crippen molar-refractivity contribution in [2.75, 3.05) is 0 Å². The van der Waals surface area contributed by atoms with E-state index in [0.717, 1.165) is 22.0 Å². The van der Waals surface area contributed by atoms with E-state index in [1.165, 1.54) is 6.33 Å². The van der Waals surface area contributed by atoms with Gasteiger partial charge in [0.05, 0.1) is 6.04 Å². The summed E-state index contributed by atoms with van der Waals surface area (Å²) < 4.78 is 1.74. The first kappa shape index (κ1) is 13.0. The molecule has 0 aliphatic carbocycles. The first-order valence-electron chi connectivity index (χ1n) is 5.67. The summed E-state index contributed by atoms with van der Waals surface area (Å²) in [5, 5.41) is 4.79. The summed E-state index contributed by atoms with van der Waals surface area (Å²) in [6, 6.07) is 5.77. The quantitative estimate of drug-likeness (QED) is 0.650. The third kappa shape index (κ3) is 2.53. The van der Waals surface area contributed by atoms with Crippen LogP contribution < -0.4 is 11.3 Å². The SMILES string of the molecule is Cc1c(Cl)cccc1C(Cc1ncnn1C)NN. The van der Waals surface area contributed by atoms with Crippen LogP contribution in [0.15, 0.2) is 24.5 Å². The van der Waals surface area contributed by atoms with Crippen LogP contribution in [-0.4, -0.2) is 14.8 Å². The molecule has 0 bridgehead atoms. The number of aromatic nitrogens is 3. The van der Waals surface area contributed by atoms with E-state index in [1.807, 2.05) is 32.2 Å². The number of rotatable bonds is 4. The van der Waals surface area contributed by atoms with Crippen LogP contribution in [-0.2, 0) is 13.5 Å². The van der Waals surface area contributed by atoms with Crippen LogP contribution in [0.2, 0.25) is 5.02 Å². The van der Waals surface area contributed by atoms with Crippen molar-refractivity contribution in [1.82, 2.24) is 20.2 Å². The molecular formula is C12H16ClN5. The Bertz CT molecular complexity index is 537. The lowest BCUT2D eigenvalue weighted by molar-refractivity contribution is 0.521. The molecule has 0 amide bonds. The number of halogens is 1. The Morgan fingerprint density at radius 3 is 2.89 bits per heavy atom. The number of hydrogen-bond acceptors (Lipinski definition) is 4. The van der Waals surface area contributed by atoms with E-state index in [2.05, 4.69) is 15.5 Å². The Hall–Kier alpha value is -1.43. The summed E-state index contributed by atoms with van der Waals surface area (Å²) in [6.45, 7) is 1.98. The van der Waals surface area contributed by atoms with Crippen molar-refractivity contribution in [3.63, 3.8) is 0 Å². The lowest BCUT2D eigenvalue weighted by Crippen LogP contribution is -2.31. The average Bonchev–Trinajstić information content (AvgIpc) is 2.76. The first-order valence-corrected chi connectivity index (χ1v) is 6.05. The Morgan fingerprint density at radius 2 is 2.28 bits per heavy atom. The number of nitrogens with one attached hydrogen (secondary N) is 1. The van der Waals surface area contributed by atoms with Crippen LogP contribution in [0, 0.1) is 6.92 Å². The van der Waals surface area contributed by atoms with Gasteiger partial charge in [-0.3, -0.25) is 16.0 Å². The Balaban J connectivity index is 2.29. The number of benzene rings is 1. The lowest BCUT2D eigenvalue weighted by Gasteiger charge is -2.18. The van der Waals surface area contributed by atoms with Crippen molar-refractivity contribution in [2.45, 2.75) is 19.4 Å². The van der Waals surface area contributed by atoms with E-state index in [-0.39, 0.29) is 6.04 Å². The number of aryl methyl sites for hydroxylation is 1. The summed E-state index contributed by atoms with van der Waals surface area (Å²) >= 11 is 6.13. The highest BCUT2D eigenvalue weighted by molar-refractivity contribution is 6.31. The topological polar surface area (TPSA) is 68.8 Å². The van der Waals surface area contributed by atoms with Gasteiger partial charge in [0.2, 0.25) is 0 Å². The van der Waals surface area contributed by atoms with Gasteiger partial charge in [-0.1, -0.05) is 23.7 Å². The maximum atomic E-state index is 6.13. The summed E-state index contributed by atoms with van der Waals surface area (Å²) in [5.74, 6) is 6.51. The van der Waals surface area contributed by atoms with Gasteiger partial charge in [-0.25, -0.2) is 4.98 Å². The zero-order chi connectivity index (χ0) is 13.1. The largest absolute Gasteiger partial charge is 0.271 e. The molecule has 0 fully saturated rings. The molecule has 1 atom stereocenters. The molecule has 0 radical (unpaired) electrons. The maximum absolute atomic E-state index is 6.13. The smallest absolute Gasteiger partial charge is 0.138 e. The van der Waals surface area contributed by atoms with Crippen LogP contribution in [0.1, 0.15) is 23.0 Å². The van der Waals surface area contributed by atoms with E-state index in [0.29, 0.717) is 6.42 Å². The predicted octanol–water partition coefficient (Wildman–Crippen LogP) is 1.52. The van der Waals surface area contributed by atoms with E-state index < -0.39 is 0 Å². The Labute approximate surface area is 111 Å². The molecule has 3 N–H and O–H groups in total. The molecular weight excluding hydrogens is 250 g/mol. The van der Waals surface area contributed by atoms with Crippen molar-refractivity contribution >= 4 is 11.6 Å². The monoisotopic (exact) mass is 265 g/mol. The van der Waals surface area contributed by atoms with Gasteiger partial charge >= 0.3 is 0 Å². The van der Waals surface area contributed by atoms with E-state index in [9.17, 15) is 0 Å². The van der Waals surface area contributed by atoms with Crippen LogP contribution in [0.3, 0.4) is 0 Å². The normalized spacial score (nSPS) is 12.7. The van der Waals surface area contributed by atoms with Crippen LogP contribution in [0.5, 0.6) is 0 Å². The molecule has 18 heavy (non-hydrogen) atoms. The molecule has 1 unspecified atom stereocenters. The predicted molar refractivity (Wildman–Crippen MR) is 71.0 cm³/mol. The molecule has 2 aromatic rings. The van der Waals surface area contributed by atoms with Crippen molar-refractivity contribution < 1.29 is 0 Å². The molecule has 1 aromatic carbocycles.